The van der Waals surface area contributed by atoms with E-state index in [0.717, 1.165) is 6.07 Å². The van der Waals surface area contributed by atoms with E-state index in [9.17, 15) is 9.18 Å². The molecule has 0 radical (unpaired) electrons. The molecular formula is C11H9ClFNO2. The van der Waals surface area contributed by atoms with E-state index < -0.39 is 11.8 Å². The molecule has 3 N–H and O–H groups in total. The maximum absolute atomic E-state index is 13.0. The molecule has 0 aliphatic carbocycles. The summed E-state index contributed by atoms with van der Waals surface area (Å²) in [7, 11) is 0. The van der Waals surface area contributed by atoms with Gasteiger partial charge in [0.2, 0.25) is 0 Å². The van der Waals surface area contributed by atoms with Gasteiger partial charge < -0.3 is 10.8 Å². The molecule has 0 heterocycles. The fourth-order valence-corrected chi connectivity index (χ4v) is 1.17. The number of halogens is 2. The zero-order valence-electron chi connectivity index (χ0n) is 8.26. The first kappa shape index (κ1) is 12.3. The van der Waals surface area contributed by atoms with Crippen LogP contribution >= 0.6 is 11.6 Å². The van der Waals surface area contributed by atoms with E-state index in [1.807, 2.05) is 0 Å². The number of aliphatic carboxylic acids is 1. The highest BCUT2D eigenvalue weighted by Gasteiger charge is 2.03. The van der Waals surface area contributed by atoms with E-state index in [2.05, 4.69) is 11.8 Å². The largest absolute Gasteiger partial charge is 0.481 e. The lowest BCUT2D eigenvalue weighted by atomic mass is 10.1. The molecule has 1 rings (SSSR count). The molecule has 0 aliphatic rings. The topological polar surface area (TPSA) is 63.3 Å². The summed E-state index contributed by atoms with van der Waals surface area (Å²) in [5, 5.41) is 8.31. The van der Waals surface area contributed by atoms with Gasteiger partial charge in [0.15, 0.2) is 0 Å². The minimum absolute atomic E-state index is 0.0526. The molecule has 5 heteroatoms. The van der Waals surface area contributed by atoms with Crippen LogP contribution in [0.1, 0.15) is 18.4 Å². The van der Waals surface area contributed by atoms with Crippen molar-refractivity contribution in [3.8, 4) is 11.8 Å². The van der Waals surface area contributed by atoms with Crippen molar-refractivity contribution in [1.29, 1.82) is 0 Å². The van der Waals surface area contributed by atoms with E-state index in [1.54, 1.807) is 0 Å². The number of rotatable bonds is 2. The third kappa shape index (κ3) is 3.44. The summed E-state index contributed by atoms with van der Waals surface area (Å²) in [5.74, 6) is 3.67. The quantitative estimate of drug-likeness (QED) is 0.617. The summed E-state index contributed by atoms with van der Waals surface area (Å²) in [4.78, 5) is 10.2. The number of nitrogen functional groups attached to an aromatic ring is 1. The van der Waals surface area contributed by atoms with Gasteiger partial charge in [0.25, 0.3) is 0 Å². The van der Waals surface area contributed by atoms with Crippen LogP contribution < -0.4 is 5.73 Å². The van der Waals surface area contributed by atoms with E-state index in [4.69, 9.17) is 22.4 Å². The number of nitrogens with two attached hydrogens (primary N) is 1. The third-order valence-electron chi connectivity index (χ3n) is 1.78. The smallest absolute Gasteiger partial charge is 0.304 e. The molecule has 0 unspecified atom stereocenters. The predicted octanol–water partition coefficient (Wildman–Crippen LogP) is 2.28. The molecule has 0 amide bonds. The Kier molecular flexibility index (Phi) is 4.15. The van der Waals surface area contributed by atoms with Crippen molar-refractivity contribution < 1.29 is 14.3 Å². The lowest BCUT2D eigenvalue weighted by Crippen LogP contribution is -1.93. The monoisotopic (exact) mass is 241 g/mol. The second kappa shape index (κ2) is 5.38. The SMILES string of the molecule is Nc1cc(Cl)c(F)cc1C#CCCC(=O)O. The van der Waals surface area contributed by atoms with Crippen molar-refractivity contribution in [3.63, 3.8) is 0 Å². The van der Waals surface area contributed by atoms with Crippen LogP contribution in [-0.4, -0.2) is 11.1 Å². The number of anilines is 1. The van der Waals surface area contributed by atoms with Crippen molar-refractivity contribution in [1.82, 2.24) is 0 Å². The highest BCUT2D eigenvalue weighted by atomic mass is 35.5. The fraction of sp³-hybridized carbons (Fsp3) is 0.182. The molecule has 0 fully saturated rings. The molecule has 0 aliphatic heterocycles. The Morgan fingerprint density at radius 3 is 2.88 bits per heavy atom. The Morgan fingerprint density at radius 1 is 1.56 bits per heavy atom. The van der Waals surface area contributed by atoms with Gasteiger partial charge in [0.05, 0.1) is 17.0 Å². The summed E-state index contributed by atoms with van der Waals surface area (Å²) in [5.41, 5.74) is 6.15. The summed E-state index contributed by atoms with van der Waals surface area (Å²) < 4.78 is 13.0. The summed E-state index contributed by atoms with van der Waals surface area (Å²) in [6, 6.07) is 2.41. The summed E-state index contributed by atoms with van der Waals surface area (Å²) in [6.45, 7) is 0. The third-order valence-corrected chi connectivity index (χ3v) is 2.07. The van der Waals surface area contributed by atoms with Gasteiger partial charge >= 0.3 is 5.97 Å². The molecule has 16 heavy (non-hydrogen) atoms. The minimum atomic E-state index is -0.926. The maximum Gasteiger partial charge on any atom is 0.304 e. The van der Waals surface area contributed by atoms with E-state index in [-0.39, 0.29) is 23.6 Å². The predicted molar refractivity (Wildman–Crippen MR) is 59.6 cm³/mol. The van der Waals surface area contributed by atoms with Gasteiger partial charge in [-0.25, -0.2) is 4.39 Å². The molecule has 0 saturated heterocycles. The molecule has 0 aromatic heterocycles. The minimum Gasteiger partial charge on any atom is -0.481 e. The van der Waals surface area contributed by atoms with Crippen molar-refractivity contribution >= 4 is 23.3 Å². The van der Waals surface area contributed by atoms with Crippen LogP contribution in [0.5, 0.6) is 0 Å². The number of carboxylic acid groups (broad SMARTS) is 1. The zero-order valence-corrected chi connectivity index (χ0v) is 9.01. The van der Waals surface area contributed by atoms with Gasteiger partial charge in [0, 0.05) is 12.1 Å². The fourth-order valence-electron chi connectivity index (χ4n) is 0.998. The maximum atomic E-state index is 13.0. The normalized spacial score (nSPS) is 9.38. The summed E-state index contributed by atoms with van der Waals surface area (Å²) in [6.07, 6.45) is 0.141. The average Bonchev–Trinajstić information content (AvgIpc) is 2.19. The lowest BCUT2D eigenvalue weighted by Gasteiger charge is -1.99. The second-order valence-electron chi connectivity index (χ2n) is 3.05. The first-order chi connectivity index (χ1) is 7.50. The van der Waals surface area contributed by atoms with Gasteiger partial charge in [-0.3, -0.25) is 4.79 Å². The van der Waals surface area contributed by atoms with Crippen molar-refractivity contribution in [3.05, 3.63) is 28.5 Å². The first-order valence-corrected chi connectivity index (χ1v) is 4.83. The van der Waals surface area contributed by atoms with Crippen LogP contribution in [0.3, 0.4) is 0 Å². The molecular weight excluding hydrogens is 233 g/mol. The number of carboxylic acids is 1. The van der Waals surface area contributed by atoms with Crippen LogP contribution in [0.25, 0.3) is 0 Å². The Morgan fingerprint density at radius 2 is 2.25 bits per heavy atom. The highest BCUT2D eigenvalue weighted by Crippen LogP contribution is 2.21. The van der Waals surface area contributed by atoms with Crippen LogP contribution in [-0.2, 0) is 4.79 Å². The Hall–Kier alpha value is -1.73. The van der Waals surface area contributed by atoms with Gasteiger partial charge in [-0.2, -0.15) is 0 Å². The van der Waals surface area contributed by atoms with Crippen LogP contribution in [0.2, 0.25) is 5.02 Å². The number of benzene rings is 1. The average molecular weight is 242 g/mol. The van der Waals surface area contributed by atoms with E-state index >= 15 is 0 Å². The molecule has 0 spiro atoms. The molecule has 1 aromatic rings. The number of carbonyl (C=O) groups is 1. The molecule has 1 aromatic carbocycles. The molecule has 84 valence electrons. The molecule has 0 bridgehead atoms. The highest BCUT2D eigenvalue weighted by molar-refractivity contribution is 6.31. The molecule has 3 nitrogen and oxygen atoms in total. The van der Waals surface area contributed by atoms with Gasteiger partial charge in [-0.15, -0.1) is 0 Å². The van der Waals surface area contributed by atoms with E-state index in [0.29, 0.717) is 5.56 Å². The first-order valence-electron chi connectivity index (χ1n) is 4.46. The van der Waals surface area contributed by atoms with Crippen LogP contribution in [0.4, 0.5) is 10.1 Å². The zero-order chi connectivity index (χ0) is 12.1. The van der Waals surface area contributed by atoms with Crippen LogP contribution in [0, 0.1) is 17.7 Å². The number of hydrogen-bond donors (Lipinski definition) is 2. The second-order valence-corrected chi connectivity index (χ2v) is 3.46. The van der Waals surface area contributed by atoms with Crippen LogP contribution in [0.15, 0.2) is 12.1 Å². The van der Waals surface area contributed by atoms with Gasteiger partial charge in [-0.05, 0) is 12.1 Å². The van der Waals surface area contributed by atoms with Crippen molar-refractivity contribution in [2.24, 2.45) is 0 Å². The van der Waals surface area contributed by atoms with Gasteiger partial charge in [-0.1, -0.05) is 23.4 Å². The number of hydrogen-bond acceptors (Lipinski definition) is 2. The standard InChI is InChI=1S/C11H9ClFNO2/c12-8-6-10(14)7(5-9(8)13)3-1-2-4-11(15)16/h5-6H,2,4,14H2,(H,15,16). The van der Waals surface area contributed by atoms with Gasteiger partial charge in [0.1, 0.15) is 5.82 Å². The summed E-state index contributed by atoms with van der Waals surface area (Å²) >= 11 is 5.51. The van der Waals surface area contributed by atoms with Crippen molar-refractivity contribution in [2.75, 3.05) is 5.73 Å². The Bertz CT molecular complexity index is 477. The Balaban J connectivity index is 2.81. The van der Waals surface area contributed by atoms with Crippen molar-refractivity contribution in [2.45, 2.75) is 12.8 Å². The lowest BCUT2D eigenvalue weighted by molar-refractivity contribution is -0.136. The molecule has 0 atom stereocenters. The van der Waals surface area contributed by atoms with E-state index in [1.165, 1.54) is 6.07 Å². The molecule has 0 saturated carbocycles. The Labute approximate surface area is 97.0 Å².